The van der Waals surface area contributed by atoms with Crippen molar-refractivity contribution in [3.63, 3.8) is 0 Å². The molecule has 7 aromatic carbocycles. The lowest BCUT2D eigenvalue weighted by Crippen LogP contribution is -2.17. The summed E-state index contributed by atoms with van der Waals surface area (Å²) in [6.45, 7) is 1.01. The fourth-order valence-corrected chi connectivity index (χ4v) is 9.85. The summed E-state index contributed by atoms with van der Waals surface area (Å²) in [6.07, 6.45) is 0. The van der Waals surface area contributed by atoms with Crippen LogP contribution in [0.1, 0.15) is 0 Å². The van der Waals surface area contributed by atoms with Crippen molar-refractivity contribution in [3.05, 3.63) is 176 Å². The van der Waals surface area contributed by atoms with E-state index in [0.29, 0.717) is 13.2 Å². The van der Waals surface area contributed by atoms with Gasteiger partial charge in [0.1, 0.15) is 18.2 Å². The van der Waals surface area contributed by atoms with E-state index >= 15 is 0 Å². The van der Waals surface area contributed by atoms with Gasteiger partial charge < -0.3 is 9.47 Å². The molecule has 254 valence electrons. The Morgan fingerprint density at radius 2 is 1.04 bits per heavy atom. The van der Waals surface area contributed by atoms with Gasteiger partial charge in [-0.2, -0.15) is 0 Å². The van der Waals surface area contributed by atoms with E-state index in [-0.39, 0.29) is 0 Å². The largest absolute Gasteiger partial charge is 0.485 e. The molecule has 3 heterocycles. The molecule has 0 saturated heterocycles. The van der Waals surface area contributed by atoms with Gasteiger partial charge in [-0.25, -0.2) is 0 Å². The van der Waals surface area contributed by atoms with Gasteiger partial charge in [-0.3, -0.25) is 4.90 Å². The van der Waals surface area contributed by atoms with Crippen LogP contribution in [0.3, 0.4) is 0 Å². The van der Waals surface area contributed by atoms with E-state index in [9.17, 15) is 0 Å². The zero-order valence-corrected chi connectivity index (χ0v) is 30.4. The normalized spacial score (nSPS) is 12.3. The van der Waals surface area contributed by atoms with Gasteiger partial charge in [0.05, 0.1) is 10.6 Å². The summed E-state index contributed by atoms with van der Waals surface area (Å²) in [5.41, 5.74) is 10.3. The van der Waals surface area contributed by atoms with Crippen LogP contribution in [0.5, 0.6) is 11.5 Å². The molecule has 0 bridgehead atoms. The smallest absolute Gasteiger partial charge is 0.197 e. The molecule has 53 heavy (non-hydrogen) atoms. The van der Waals surface area contributed by atoms with Crippen molar-refractivity contribution in [2.45, 2.75) is 0 Å². The Kier molecular flexibility index (Phi) is 8.01. The zero-order valence-electron chi connectivity index (χ0n) is 28.7. The lowest BCUT2D eigenvalue weighted by molar-refractivity contribution is 0.175. The first-order valence-corrected chi connectivity index (χ1v) is 19.5. The third-order valence-corrected chi connectivity index (χ3v) is 12.3. The minimum Gasteiger partial charge on any atom is -0.485 e. The second-order valence-corrected chi connectivity index (χ2v) is 15.1. The molecular formula is C48H33NO2S2. The Balaban J connectivity index is 1.18. The maximum atomic E-state index is 6.53. The molecule has 0 N–H and O–H groups in total. The summed E-state index contributed by atoms with van der Waals surface area (Å²) in [5, 5.41) is 3.60. The highest BCUT2D eigenvalue weighted by Gasteiger charge is 2.31. The lowest BCUT2D eigenvalue weighted by Gasteiger charge is -2.29. The van der Waals surface area contributed by atoms with E-state index in [0.717, 1.165) is 55.0 Å². The molecule has 0 atom stereocenters. The predicted octanol–water partition coefficient (Wildman–Crippen LogP) is 14.0. The van der Waals surface area contributed by atoms with E-state index in [2.05, 4.69) is 181 Å². The number of fused-ring (bicyclic) bond motifs is 4. The number of nitrogens with zero attached hydrogens (tertiary/aromatic N) is 1. The van der Waals surface area contributed by atoms with E-state index < -0.39 is 0 Å². The minimum atomic E-state index is 0.495. The van der Waals surface area contributed by atoms with Gasteiger partial charge in [0.25, 0.3) is 0 Å². The molecule has 5 heteroatoms. The Bertz CT molecular complexity index is 2720. The first-order chi connectivity index (χ1) is 26.3. The fraction of sp³-hybridized carbons (Fsp3) is 0.0417. The van der Waals surface area contributed by atoms with Crippen molar-refractivity contribution in [3.8, 4) is 55.3 Å². The van der Waals surface area contributed by atoms with E-state index in [1.54, 1.807) is 11.3 Å². The van der Waals surface area contributed by atoms with Gasteiger partial charge in [-0.05, 0) is 63.7 Å². The van der Waals surface area contributed by atoms with Gasteiger partial charge in [-0.1, -0.05) is 146 Å². The molecule has 0 saturated carbocycles. The lowest BCUT2D eigenvalue weighted by atomic mass is 9.96. The van der Waals surface area contributed by atoms with Crippen LogP contribution < -0.4 is 14.4 Å². The molecule has 0 amide bonds. The standard InChI is InChI=1S/C48H33NO2S2/c1-4-13-32(14-5-1)36-25-28-42(41(31-36)33-15-6-2-7-16-33)49(48-45-44(50-29-30-51-45)46(53-48)35-17-8-3-9-18-35)37-26-23-34(24-27-37)38-20-12-21-40-39-19-10-11-22-43(39)52-47(38)40/h1-28,31H,29-30H2. The van der Waals surface area contributed by atoms with Crippen LogP contribution in [0.25, 0.3) is 64.0 Å². The SMILES string of the molecule is c1ccc(-c2ccc(N(c3ccc(-c4cccc5c4sc4ccccc45)cc3)c3sc(-c4ccccc4)c4c3OCCO4)c(-c3ccccc3)c2)cc1. The molecule has 0 aliphatic carbocycles. The molecule has 9 aromatic rings. The number of benzene rings is 7. The van der Waals surface area contributed by atoms with Crippen LogP contribution in [0.2, 0.25) is 0 Å². The second kappa shape index (κ2) is 13.4. The summed E-state index contributed by atoms with van der Waals surface area (Å²) in [4.78, 5) is 3.43. The summed E-state index contributed by atoms with van der Waals surface area (Å²) >= 11 is 3.58. The van der Waals surface area contributed by atoms with Crippen molar-refractivity contribution in [2.24, 2.45) is 0 Å². The maximum Gasteiger partial charge on any atom is 0.197 e. The van der Waals surface area contributed by atoms with Gasteiger partial charge in [-0.15, -0.1) is 22.7 Å². The summed E-state index contributed by atoms with van der Waals surface area (Å²) in [7, 11) is 0. The number of hydrogen-bond donors (Lipinski definition) is 0. The van der Waals surface area contributed by atoms with Crippen LogP contribution in [0.4, 0.5) is 16.4 Å². The van der Waals surface area contributed by atoms with Crippen LogP contribution in [-0.2, 0) is 0 Å². The van der Waals surface area contributed by atoms with Gasteiger partial charge >= 0.3 is 0 Å². The summed E-state index contributed by atoms with van der Waals surface area (Å²) in [6, 6.07) is 63.0. The highest BCUT2D eigenvalue weighted by molar-refractivity contribution is 7.26. The molecule has 1 aliphatic heterocycles. The fourth-order valence-electron chi connectivity index (χ4n) is 7.38. The third kappa shape index (κ3) is 5.66. The number of ether oxygens (including phenoxy) is 2. The van der Waals surface area contributed by atoms with Gasteiger partial charge in [0.2, 0.25) is 0 Å². The van der Waals surface area contributed by atoms with E-state index in [1.807, 2.05) is 11.3 Å². The quantitative estimate of drug-likeness (QED) is 0.164. The Morgan fingerprint density at radius 3 is 1.79 bits per heavy atom. The average Bonchev–Trinajstić information content (AvgIpc) is 3.81. The van der Waals surface area contributed by atoms with Crippen molar-refractivity contribution in [1.82, 2.24) is 0 Å². The van der Waals surface area contributed by atoms with E-state index in [4.69, 9.17) is 9.47 Å². The average molecular weight is 720 g/mol. The predicted molar refractivity (Wildman–Crippen MR) is 225 cm³/mol. The number of hydrogen-bond acceptors (Lipinski definition) is 5. The summed E-state index contributed by atoms with van der Waals surface area (Å²) in [5.74, 6) is 1.59. The molecule has 2 aromatic heterocycles. The van der Waals surface area contributed by atoms with Crippen molar-refractivity contribution in [2.75, 3.05) is 18.1 Å². The second-order valence-electron chi connectivity index (χ2n) is 13.1. The highest BCUT2D eigenvalue weighted by Crippen LogP contribution is 2.58. The van der Waals surface area contributed by atoms with Crippen LogP contribution in [-0.4, -0.2) is 13.2 Å². The molecule has 0 spiro atoms. The van der Waals surface area contributed by atoms with Crippen LogP contribution in [0, 0.1) is 0 Å². The molecule has 10 rings (SSSR count). The van der Waals surface area contributed by atoms with Gasteiger partial charge in [0.15, 0.2) is 11.5 Å². The van der Waals surface area contributed by atoms with E-state index in [1.165, 1.54) is 36.9 Å². The molecule has 0 fully saturated rings. The topological polar surface area (TPSA) is 21.7 Å². The highest BCUT2D eigenvalue weighted by atomic mass is 32.1. The number of thiophene rings is 2. The first kappa shape index (κ1) is 31.6. The van der Waals surface area contributed by atoms with Gasteiger partial charge in [0, 0.05) is 31.4 Å². The molecule has 0 unspecified atom stereocenters. The first-order valence-electron chi connectivity index (χ1n) is 17.8. The van der Waals surface area contributed by atoms with Crippen molar-refractivity contribution >= 4 is 59.2 Å². The molecule has 3 nitrogen and oxygen atoms in total. The van der Waals surface area contributed by atoms with Crippen LogP contribution >= 0.6 is 22.7 Å². The number of anilines is 3. The minimum absolute atomic E-state index is 0.495. The zero-order chi connectivity index (χ0) is 35.1. The molecule has 1 aliphatic rings. The maximum absolute atomic E-state index is 6.53. The molecule has 0 radical (unpaired) electrons. The Labute approximate surface area is 316 Å². The monoisotopic (exact) mass is 719 g/mol. The third-order valence-electron chi connectivity index (χ3n) is 9.89. The Morgan fingerprint density at radius 1 is 0.434 bits per heavy atom. The summed E-state index contributed by atoms with van der Waals surface area (Å²) < 4.78 is 15.6. The Hall–Kier alpha value is -6.14. The molecular weight excluding hydrogens is 687 g/mol. The number of rotatable bonds is 7. The van der Waals surface area contributed by atoms with Crippen molar-refractivity contribution in [1.29, 1.82) is 0 Å². The van der Waals surface area contributed by atoms with Crippen molar-refractivity contribution < 1.29 is 9.47 Å². The van der Waals surface area contributed by atoms with Crippen LogP contribution in [0.15, 0.2) is 176 Å².